The molecular formula is C20H25ClN2O4S. The van der Waals surface area contributed by atoms with Gasteiger partial charge in [-0.3, -0.25) is 9.10 Å². The van der Waals surface area contributed by atoms with Gasteiger partial charge in [-0.15, -0.1) is 0 Å². The summed E-state index contributed by atoms with van der Waals surface area (Å²) >= 11 is 6.13. The van der Waals surface area contributed by atoms with E-state index in [1.54, 1.807) is 24.3 Å². The average Bonchev–Trinajstić information content (AvgIpc) is 2.61. The summed E-state index contributed by atoms with van der Waals surface area (Å²) in [5, 5.41) is 3.02. The van der Waals surface area contributed by atoms with E-state index in [0.29, 0.717) is 17.4 Å². The fraction of sp³-hybridized carbons (Fsp3) is 0.350. The second-order valence-corrected chi connectivity index (χ2v) is 9.09. The molecule has 1 unspecified atom stereocenters. The molecule has 0 aliphatic rings. The standard InChI is InChI=1S/C20H25ClN2O4S/c1-13(2)15-6-8-16(9-7-15)22-20(24)14(3)23(28(5,25)26)17-10-11-19(27-4)18(21)12-17/h6-14H,1-5H3,(H,22,24). The molecule has 1 amide bonds. The van der Waals surface area contributed by atoms with E-state index in [1.807, 2.05) is 12.1 Å². The molecule has 2 rings (SSSR count). The minimum Gasteiger partial charge on any atom is -0.495 e. The number of anilines is 2. The lowest BCUT2D eigenvalue weighted by atomic mass is 10.0. The van der Waals surface area contributed by atoms with E-state index in [2.05, 4.69) is 19.2 Å². The number of carbonyl (C=O) groups is 1. The zero-order chi connectivity index (χ0) is 21.1. The fourth-order valence-corrected chi connectivity index (χ4v) is 4.22. The summed E-state index contributed by atoms with van der Waals surface area (Å²) in [6.45, 7) is 5.69. The van der Waals surface area contributed by atoms with Crippen molar-refractivity contribution < 1.29 is 17.9 Å². The van der Waals surface area contributed by atoms with Crippen LogP contribution in [0, 0.1) is 0 Å². The molecule has 8 heteroatoms. The zero-order valence-electron chi connectivity index (χ0n) is 16.6. The SMILES string of the molecule is COc1ccc(N(C(C)C(=O)Nc2ccc(C(C)C)cc2)S(C)(=O)=O)cc1Cl. The molecule has 0 radical (unpaired) electrons. The molecule has 0 saturated carbocycles. The highest BCUT2D eigenvalue weighted by atomic mass is 35.5. The molecule has 2 aromatic carbocycles. The van der Waals surface area contributed by atoms with Crippen LogP contribution >= 0.6 is 11.6 Å². The van der Waals surface area contributed by atoms with Crippen LogP contribution in [-0.2, 0) is 14.8 Å². The van der Waals surface area contributed by atoms with Gasteiger partial charge < -0.3 is 10.1 Å². The highest BCUT2D eigenvalue weighted by Gasteiger charge is 2.29. The van der Waals surface area contributed by atoms with Crippen molar-refractivity contribution in [2.75, 3.05) is 23.0 Å². The molecule has 0 bridgehead atoms. The number of nitrogens with zero attached hydrogens (tertiary/aromatic N) is 1. The Morgan fingerprint density at radius 2 is 1.71 bits per heavy atom. The van der Waals surface area contributed by atoms with E-state index in [4.69, 9.17) is 16.3 Å². The summed E-state index contributed by atoms with van der Waals surface area (Å²) in [4.78, 5) is 12.7. The first-order chi connectivity index (χ1) is 13.0. The number of methoxy groups -OCH3 is 1. The van der Waals surface area contributed by atoms with Gasteiger partial charge in [-0.25, -0.2) is 8.42 Å². The molecule has 0 aliphatic heterocycles. The molecule has 28 heavy (non-hydrogen) atoms. The smallest absolute Gasteiger partial charge is 0.247 e. The van der Waals surface area contributed by atoms with Crippen molar-refractivity contribution >= 4 is 38.9 Å². The van der Waals surface area contributed by atoms with Crippen molar-refractivity contribution in [3.8, 4) is 5.75 Å². The van der Waals surface area contributed by atoms with Gasteiger partial charge in [-0.1, -0.05) is 37.6 Å². The fourth-order valence-electron chi connectivity index (χ4n) is 2.80. The predicted molar refractivity (Wildman–Crippen MR) is 114 cm³/mol. The lowest BCUT2D eigenvalue weighted by molar-refractivity contribution is -0.116. The number of amides is 1. The molecule has 0 fully saturated rings. The topological polar surface area (TPSA) is 75.7 Å². The van der Waals surface area contributed by atoms with E-state index in [0.717, 1.165) is 16.1 Å². The monoisotopic (exact) mass is 424 g/mol. The van der Waals surface area contributed by atoms with E-state index >= 15 is 0 Å². The Labute approximate surface area is 171 Å². The Hall–Kier alpha value is -2.25. The third-order valence-electron chi connectivity index (χ3n) is 4.32. The van der Waals surface area contributed by atoms with Crippen molar-refractivity contribution in [2.24, 2.45) is 0 Å². The number of halogens is 1. The predicted octanol–water partition coefficient (Wildman–Crippen LogP) is 4.27. The van der Waals surface area contributed by atoms with Gasteiger partial charge >= 0.3 is 0 Å². The van der Waals surface area contributed by atoms with Gasteiger partial charge in [0.2, 0.25) is 15.9 Å². The lowest BCUT2D eigenvalue weighted by Crippen LogP contribution is -2.45. The maximum Gasteiger partial charge on any atom is 0.247 e. The number of hydrogen-bond donors (Lipinski definition) is 1. The number of carbonyl (C=O) groups excluding carboxylic acids is 1. The quantitative estimate of drug-likeness (QED) is 0.720. The number of rotatable bonds is 7. The minimum absolute atomic E-state index is 0.255. The molecule has 0 heterocycles. The minimum atomic E-state index is -3.74. The van der Waals surface area contributed by atoms with Gasteiger partial charge in [0, 0.05) is 5.69 Å². The van der Waals surface area contributed by atoms with Gasteiger partial charge in [0.1, 0.15) is 11.8 Å². The maximum atomic E-state index is 12.7. The summed E-state index contributed by atoms with van der Waals surface area (Å²) < 4.78 is 30.9. The summed E-state index contributed by atoms with van der Waals surface area (Å²) in [6.07, 6.45) is 1.05. The second kappa shape index (κ2) is 8.84. The van der Waals surface area contributed by atoms with Crippen LogP contribution in [0.15, 0.2) is 42.5 Å². The Kier molecular flexibility index (Phi) is 6.96. The van der Waals surface area contributed by atoms with Gasteiger partial charge in [0.05, 0.1) is 24.1 Å². The highest BCUT2D eigenvalue weighted by molar-refractivity contribution is 7.92. The molecule has 6 nitrogen and oxygen atoms in total. The van der Waals surface area contributed by atoms with Gasteiger partial charge in [-0.05, 0) is 48.7 Å². The molecule has 0 aliphatic carbocycles. The Morgan fingerprint density at radius 1 is 1.11 bits per heavy atom. The van der Waals surface area contributed by atoms with E-state index in [-0.39, 0.29) is 10.7 Å². The largest absolute Gasteiger partial charge is 0.495 e. The molecular weight excluding hydrogens is 400 g/mol. The van der Waals surface area contributed by atoms with Crippen molar-refractivity contribution in [3.05, 3.63) is 53.1 Å². The Bertz CT molecular complexity index is 943. The summed E-state index contributed by atoms with van der Waals surface area (Å²) in [6, 6.07) is 11.1. The third kappa shape index (κ3) is 5.17. The van der Waals surface area contributed by atoms with Crippen LogP contribution in [0.3, 0.4) is 0 Å². The van der Waals surface area contributed by atoms with Crippen LogP contribution < -0.4 is 14.4 Å². The maximum absolute atomic E-state index is 12.7. The second-order valence-electron chi connectivity index (χ2n) is 6.82. The van der Waals surface area contributed by atoms with Gasteiger partial charge in [0.15, 0.2) is 0 Å². The first kappa shape index (κ1) is 22.0. The number of sulfonamides is 1. The third-order valence-corrected chi connectivity index (χ3v) is 5.86. The van der Waals surface area contributed by atoms with Crippen molar-refractivity contribution in [2.45, 2.75) is 32.7 Å². The normalized spacial score (nSPS) is 12.5. The Morgan fingerprint density at radius 3 is 2.18 bits per heavy atom. The van der Waals surface area contributed by atoms with Crippen LogP contribution in [0.1, 0.15) is 32.3 Å². The van der Waals surface area contributed by atoms with Crippen LogP contribution in [0.2, 0.25) is 5.02 Å². The highest BCUT2D eigenvalue weighted by Crippen LogP contribution is 2.31. The summed E-state index contributed by atoms with van der Waals surface area (Å²) in [5.74, 6) is 0.347. The van der Waals surface area contributed by atoms with E-state index in [9.17, 15) is 13.2 Å². The number of nitrogens with one attached hydrogen (secondary N) is 1. The van der Waals surface area contributed by atoms with Gasteiger partial charge in [0.25, 0.3) is 0 Å². The van der Waals surface area contributed by atoms with Crippen LogP contribution in [0.25, 0.3) is 0 Å². The van der Waals surface area contributed by atoms with E-state index < -0.39 is 22.0 Å². The summed E-state index contributed by atoms with van der Waals surface area (Å²) in [7, 11) is -2.27. The molecule has 0 aromatic heterocycles. The lowest BCUT2D eigenvalue weighted by Gasteiger charge is -2.28. The number of ether oxygens (including phenoxy) is 1. The van der Waals surface area contributed by atoms with Crippen LogP contribution in [0.5, 0.6) is 5.75 Å². The van der Waals surface area contributed by atoms with Crippen molar-refractivity contribution in [1.82, 2.24) is 0 Å². The number of hydrogen-bond acceptors (Lipinski definition) is 4. The van der Waals surface area contributed by atoms with Crippen LogP contribution in [-0.4, -0.2) is 33.7 Å². The Balaban J connectivity index is 2.28. The zero-order valence-corrected chi connectivity index (χ0v) is 18.1. The molecule has 1 atom stereocenters. The first-order valence-corrected chi connectivity index (χ1v) is 11.0. The van der Waals surface area contributed by atoms with Gasteiger partial charge in [-0.2, -0.15) is 0 Å². The van der Waals surface area contributed by atoms with Crippen molar-refractivity contribution in [3.63, 3.8) is 0 Å². The summed E-state index contributed by atoms with van der Waals surface area (Å²) in [5.41, 5.74) is 2.03. The molecule has 2 aromatic rings. The molecule has 0 spiro atoms. The average molecular weight is 425 g/mol. The number of benzene rings is 2. The molecule has 152 valence electrons. The molecule has 1 N–H and O–H groups in total. The molecule has 0 saturated heterocycles. The van der Waals surface area contributed by atoms with Crippen molar-refractivity contribution in [1.29, 1.82) is 0 Å². The van der Waals surface area contributed by atoms with E-state index in [1.165, 1.54) is 20.1 Å². The van der Waals surface area contributed by atoms with Crippen LogP contribution in [0.4, 0.5) is 11.4 Å². The first-order valence-electron chi connectivity index (χ1n) is 8.78.